The number of hydrogen-bond acceptors (Lipinski definition) is 2. The van der Waals surface area contributed by atoms with Crippen molar-refractivity contribution in [3.63, 3.8) is 0 Å². The Bertz CT molecular complexity index is 533. The summed E-state index contributed by atoms with van der Waals surface area (Å²) in [5.41, 5.74) is 2.02. The van der Waals surface area contributed by atoms with Crippen LogP contribution < -0.4 is 0 Å². The van der Waals surface area contributed by atoms with Gasteiger partial charge in [0.1, 0.15) is 11.9 Å². The van der Waals surface area contributed by atoms with Gasteiger partial charge in [0.05, 0.1) is 5.69 Å². The summed E-state index contributed by atoms with van der Waals surface area (Å²) in [6, 6.07) is 8.07. The van der Waals surface area contributed by atoms with E-state index in [0.717, 1.165) is 40.9 Å². The second kappa shape index (κ2) is 4.27. The minimum absolute atomic E-state index is 0.409. The number of halogens is 1. The molecule has 0 unspecified atom stereocenters. The highest BCUT2D eigenvalue weighted by Gasteiger charge is 2.20. The average molecular weight is 293 g/mol. The summed E-state index contributed by atoms with van der Waals surface area (Å²) in [5.74, 6) is 0.800. The van der Waals surface area contributed by atoms with Gasteiger partial charge >= 0.3 is 0 Å². The van der Waals surface area contributed by atoms with Crippen LogP contribution in [0.3, 0.4) is 0 Å². The zero-order valence-corrected chi connectivity index (χ0v) is 10.9. The summed E-state index contributed by atoms with van der Waals surface area (Å²) in [6.45, 7) is 0.954. The van der Waals surface area contributed by atoms with Gasteiger partial charge in [0.2, 0.25) is 0 Å². The van der Waals surface area contributed by atoms with Crippen LogP contribution in [0.4, 0.5) is 0 Å². The fourth-order valence-corrected chi connectivity index (χ4v) is 2.48. The van der Waals surface area contributed by atoms with Crippen LogP contribution in [0.1, 0.15) is 24.8 Å². The van der Waals surface area contributed by atoms with Crippen LogP contribution in [0.5, 0.6) is 0 Å². The molecular weight excluding hydrogens is 280 g/mol. The average Bonchev–Trinajstić information content (AvgIpc) is 2.75. The van der Waals surface area contributed by atoms with Crippen molar-refractivity contribution in [2.75, 3.05) is 0 Å². The van der Waals surface area contributed by atoms with E-state index in [9.17, 15) is 5.11 Å². The monoisotopic (exact) mass is 292 g/mol. The minimum Gasteiger partial charge on any atom is -0.385 e. The van der Waals surface area contributed by atoms with Crippen molar-refractivity contribution in [2.24, 2.45) is 0 Å². The maximum absolute atomic E-state index is 9.87. The summed E-state index contributed by atoms with van der Waals surface area (Å²) in [7, 11) is 0. The van der Waals surface area contributed by atoms with Crippen molar-refractivity contribution >= 4 is 15.9 Å². The Labute approximate surface area is 108 Å². The topological polar surface area (TPSA) is 38.0 Å². The van der Waals surface area contributed by atoms with Gasteiger partial charge in [-0.25, -0.2) is 4.98 Å². The van der Waals surface area contributed by atoms with Gasteiger partial charge in [-0.15, -0.1) is 0 Å². The molecule has 0 bridgehead atoms. The maximum atomic E-state index is 9.87. The molecule has 4 heteroatoms. The third-order valence-corrected chi connectivity index (χ3v) is 3.65. The first-order valence-corrected chi connectivity index (χ1v) is 6.54. The van der Waals surface area contributed by atoms with Gasteiger partial charge in [-0.1, -0.05) is 28.1 Å². The molecule has 0 spiro atoms. The molecule has 0 fully saturated rings. The molecular formula is C13H13BrN2O. The number of hydrogen-bond donors (Lipinski definition) is 1. The molecule has 17 heavy (non-hydrogen) atoms. The van der Waals surface area contributed by atoms with Crippen molar-refractivity contribution in [2.45, 2.75) is 25.5 Å². The Kier molecular flexibility index (Phi) is 2.76. The van der Waals surface area contributed by atoms with Crippen LogP contribution in [-0.4, -0.2) is 14.7 Å². The molecule has 0 saturated heterocycles. The lowest BCUT2D eigenvalue weighted by Crippen LogP contribution is -2.14. The maximum Gasteiger partial charge on any atom is 0.138 e. The fourth-order valence-electron chi connectivity index (χ4n) is 2.22. The standard InChI is InChI=1S/C13H13BrN2O/c14-10-5-3-9(4-6-10)11-8-16-7-1-2-12(17)13(16)15-11/h3-6,8,12,17H,1-2,7H2/t12-/m1/s1. The predicted molar refractivity (Wildman–Crippen MR) is 69.6 cm³/mol. The van der Waals surface area contributed by atoms with Gasteiger partial charge in [-0.2, -0.15) is 0 Å². The molecule has 0 saturated carbocycles. The highest BCUT2D eigenvalue weighted by Crippen LogP contribution is 2.28. The normalized spacial score (nSPS) is 19.1. The second-order valence-corrected chi connectivity index (χ2v) is 5.26. The quantitative estimate of drug-likeness (QED) is 0.877. The molecule has 1 N–H and O–H groups in total. The van der Waals surface area contributed by atoms with Crippen molar-refractivity contribution in [1.82, 2.24) is 9.55 Å². The molecule has 0 aliphatic carbocycles. The van der Waals surface area contributed by atoms with E-state index in [-0.39, 0.29) is 0 Å². The van der Waals surface area contributed by atoms with Crippen LogP contribution in [-0.2, 0) is 6.54 Å². The van der Waals surface area contributed by atoms with Crippen molar-refractivity contribution in [3.8, 4) is 11.3 Å². The van der Waals surface area contributed by atoms with Gasteiger partial charge < -0.3 is 9.67 Å². The minimum atomic E-state index is -0.409. The van der Waals surface area contributed by atoms with Crippen molar-refractivity contribution in [1.29, 1.82) is 0 Å². The molecule has 3 nitrogen and oxygen atoms in total. The number of rotatable bonds is 1. The Morgan fingerprint density at radius 2 is 2.06 bits per heavy atom. The first-order chi connectivity index (χ1) is 8.24. The molecule has 2 aromatic rings. The van der Waals surface area contributed by atoms with E-state index in [1.165, 1.54) is 0 Å². The van der Waals surface area contributed by atoms with E-state index in [2.05, 4.69) is 25.5 Å². The molecule has 0 amide bonds. The van der Waals surface area contributed by atoms with Gasteiger partial charge in [0, 0.05) is 22.8 Å². The van der Waals surface area contributed by atoms with Crippen LogP contribution >= 0.6 is 15.9 Å². The number of fused-ring (bicyclic) bond motifs is 1. The SMILES string of the molecule is O[C@@H]1CCCn2cc(-c3ccc(Br)cc3)nc21. The van der Waals surface area contributed by atoms with E-state index < -0.39 is 6.10 Å². The molecule has 1 aliphatic rings. The van der Waals surface area contributed by atoms with E-state index >= 15 is 0 Å². The van der Waals surface area contributed by atoms with Gasteiger partial charge in [-0.05, 0) is 25.0 Å². The number of aromatic nitrogens is 2. The zero-order chi connectivity index (χ0) is 11.8. The summed E-state index contributed by atoms with van der Waals surface area (Å²) < 4.78 is 3.12. The number of aliphatic hydroxyl groups is 1. The zero-order valence-electron chi connectivity index (χ0n) is 9.31. The summed E-state index contributed by atoms with van der Waals surface area (Å²) in [5, 5.41) is 9.87. The van der Waals surface area contributed by atoms with Crippen LogP contribution in [0, 0.1) is 0 Å². The molecule has 3 rings (SSSR count). The third kappa shape index (κ3) is 2.03. The van der Waals surface area contributed by atoms with Crippen LogP contribution in [0.2, 0.25) is 0 Å². The molecule has 0 radical (unpaired) electrons. The molecule has 1 atom stereocenters. The first-order valence-electron chi connectivity index (χ1n) is 5.75. The predicted octanol–water partition coefficient (Wildman–Crippen LogP) is 3.14. The smallest absolute Gasteiger partial charge is 0.138 e. The third-order valence-electron chi connectivity index (χ3n) is 3.12. The van der Waals surface area contributed by atoms with Gasteiger partial charge in [0.25, 0.3) is 0 Å². The highest BCUT2D eigenvalue weighted by atomic mass is 79.9. The summed E-state index contributed by atoms with van der Waals surface area (Å²) in [4.78, 5) is 4.53. The Balaban J connectivity index is 2.02. The van der Waals surface area contributed by atoms with Gasteiger partial charge in [-0.3, -0.25) is 0 Å². The van der Waals surface area contributed by atoms with E-state index in [4.69, 9.17) is 0 Å². The highest BCUT2D eigenvalue weighted by molar-refractivity contribution is 9.10. The van der Waals surface area contributed by atoms with Crippen molar-refractivity contribution in [3.05, 3.63) is 40.8 Å². The van der Waals surface area contributed by atoms with E-state index in [1.807, 2.05) is 30.5 Å². The van der Waals surface area contributed by atoms with Crippen LogP contribution in [0.25, 0.3) is 11.3 Å². The number of benzene rings is 1. The van der Waals surface area contributed by atoms with Crippen LogP contribution in [0.15, 0.2) is 34.9 Å². The lowest BCUT2D eigenvalue weighted by Gasteiger charge is -2.18. The Hall–Kier alpha value is -1.13. The molecule has 1 aromatic carbocycles. The largest absolute Gasteiger partial charge is 0.385 e. The molecule has 1 aliphatic heterocycles. The first kappa shape index (κ1) is 11.0. The summed E-state index contributed by atoms with van der Waals surface area (Å²) >= 11 is 3.42. The lowest BCUT2D eigenvalue weighted by molar-refractivity contribution is 0.134. The number of imidazole rings is 1. The number of aliphatic hydroxyl groups excluding tert-OH is 1. The number of nitrogens with zero attached hydrogens (tertiary/aromatic N) is 2. The lowest BCUT2D eigenvalue weighted by atomic mass is 10.1. The van der Waals surface area contributed by atoms with Crippen molar-refractivity contribution < 1.29 is 5.11 Å². The van der Waals surface area contributed by atoms with E-state index in [1.54, 1.807) is 0 Å². The Morgan fingerprint density at radius 1 is 1.29 bits per heavy atom. The van der Waals surface area contributed by atoms with E-state index in [0.29, 0.717) is 0 Å². The molecule has 88 valence electrons. The Morgan fingerprint density at radius 3 is 2.76 bits per heavy atom. The summed E-state index contributed by atoms with van der Waals surface area (Å²) in [6.07, 6.45) is 3.45. The molecule has 1 aromatic heterocycles. The van der Waals surface area contributed by atoms with Gasteiger partial charge in [0.15, 0.2) is 0 Å². The number of aryl methyl sites for hydroxylation is 1. The molecule has 2 heterocycles. The second-order valence-electron chi connectivity index (χ2n) is 4.34. The fraction of sp³-hybridized carbons (Fsp3) is 0.308.